The van der Waals surface area contributed by atoms with E-state index in [-0.39, 0.29) is 24.9 Å². The van der Waals surface area contributed by atoms with E-state index in [2.05, 4.69) is 10.3 Å². The second-order valence-corrected chi connectivity index (χ2v) is 6.23. The zero-order chi connectivity index (χ0) is 16.8. The quantitative estimate of drug-likeness (QED) is 0.878. The van der Waals surface area contributed by atoms with Gasteiger partial charge >= 0.3 is 0 Å². The molecule has 2 rings (SSSR count). The molecule has 122 valence electrons. The molecule has 1 heterocycles. The predicted octanol–water partition coefficient (Wildman–Crippen LogP) is 1.98. The van der Waals surface area contributed by atoms with E-state index in [4.69, 9.17) is 0 Å². The molecule has 0 spiro atoms. The van der Waals surface area contributed by atoms with Crippen LogP contribution in [0.1, 0.15) is 5.56 Å². The van der Waals surface area contributed by atoms with E-state index < -0.39 is 0 Å². The smallest absolute Gasteiger partial charge is 0.242 e. The number of aryl methyl sites for hydroxylation is 1. The van der Waals surface area contributed by atoms with E-state index in [1.54, 1.807) is 25.2 Å². The Labute approximate surface area is 139 Å². The number of hydrogen-bond donors (Lipinski definition) is 1. The Morgan fingerprint density at radius 1 is 1.17 bits per heavy atom. The second kappa shape index (κ2) is 7.85. The van der Waals surface area contributed by atoms with Gasteiger partial charge in [0.25, 0.3) is 0 Å². The third-order valence-electron chi connectivity index (χ3n) is 3.23. The zero-order valence-electron chi connectivity index (χ0n) is 13.4. The molecule has 0 atom stereocenters. The number of carbonyl (C=O) groups excluding carboxylic acids is 2. The van der Waals surface area contributed by atoms with Crippen LogP contribution in [0.15, 0.2) is 35.8 Å². The molecule has 0 bridgehead atoms. The lowest BCUT2D eigenvalue weighted by atomic mass is 10.2. The monoisotopic (exact) mass is 332 g/mol. The largest absolute Gasteiger partial charge is 0.325 e. The Bertz CT molecular complexity index is 655. The fraction of sp³-hybridized carbons (Fsp3) is 0.312. The number of hydrogen-bond acceptors (Lipinski definition) is 5. The number of aromatic nitrogens is 1. The summed E-state index contributed by atoms with van der Waals surface area (Å²) in [5.41, 5.74) is 1.89. The first-order valence-corrected chi connectivity index (χ1v) is 8.05. The fourth-order valence-electron chi connectivity index (χ4n) is 1.96. The molecule has 6 nitrogen and oxygen atoms in total. The summed E-state index contributed by atoms with van der Waals surface area (Å²) in [6.07, 6.45) is 1.66. The molecule has 0 aliphatic carbocycles. The molecule has 0 radical (unpaired) electrons. The Morgan fingerprint density at radius 3 is 2.48 bits per heavy atom. The maximum absolute atomic E-state index is 12.1. The first-order chi connectivity index (χ1) is 11.0. The van der Waals surface area contributed by atoms with E-state index in [1.165, 1.54) is 16.2 Å². The summed E-state index contributed by atoms with van der Waals surface area (Å²) >= 11 is 1.40. The molecule has 2 amide bonds. The molecule has 1 aromatic heterocycles. The van der Waals surface area contributed by atoms with E-state index in [1.807, 2.05) is 36.6 Å². The molecular weight excluding hydrogens is 312 g/mol. The first-order valence-electron chi connectivity index (χ1n) is 7.17. The van der Waals surface area contributed by atoms with E-state index in [0.717, 1.165) is 11.3 Å². The van der Waals surface area contributed by atoms with Gasteiger partial charge in [0, 0.05) is 24.3 Å². The van der Waals surface area contributed by atoms with Gasteiger partial charge in [-0.3, -0.25) is 19.4 Å². The third-order valence-corrected chi connectivity index (χ3v) is 4.08. The molecule has 23 heavy (non-hydrogen) atoms. The van der Waals surface area contributed by atoms with Gasteiger partial charge in [-0.15, -0.1) is 11.3 Å². The Kier molecular flexibility index (Phi) is 5.84. The van der Waals surface area contributed by atoms with Crippen molar-refractivity contribution in [1.29, 1.82) is 0 Å². The third kappa shape index (κ3) is 5.15. The SMILES string of the molecule is Cc1ccc(NC(=O)CN(C)CC(=O)N(C)c2nccs2)cc1. The van der Waals surface area contributed by atoms with Gasteiger partial charge in [-0.1, -0.05) is 17.7 Å². The van der Waals surface area contributed by atoms with Crippen molar-refractivity contribution in [2.75, 3.05) is 37.4 Å². The van der Waals surface area contributed by atoms with Crippen molar-refractivity contribution in [3.63, 3.8) is 0 Å². The number of likely N-dealkylation sites (N-methyl/N-ethyl adjacent to an activating group) is 2. The molecule has 0 saturated carbocycles. The second-order valence-electron chi connectivity index (χ2n) is 5.35. The van der Waals surface area contributed by atoms with Crippen molar-refractivity contribution in [3.05, 3.63) is 41.4 Å². The number of nitrogens with zero attached hydrogens (tertiary/aromatic N) is 3. The minimum Gasteiger partial charge on any atom is -0.325 e. The summed E-state index contributed by atoms with van der Waals surface area (Å²) < 4.78 is 0. The number of thiazole rings is 1. The summed E-state index contributed by atoms with van der Waals surface area (Å²) in [6.45, 7) is 2.28. The molecule has 0 saturated heterocycles. The lowest BCUT2D eigenvalue weighted by molar-refractivity contribution is -0.120. The highest BCUT2D eigenvalue weighted by Crippen LogP contribution is 2.15. The highest BCUT2D eigenvalue weighted by atomic mass is 32.1. The topological polar surface area (TPSA) is 65.5 Å². The Hall–Kier alpha value is -2.25. The number of carbonyl (C=O) groups is 2. The molecule has 1 aromatic carbocycles. The highest BCUT2D eigenvalue weighted by molar-refractivity contribution is 7.13. The molecule has 7 heteroatoms. The van der Waals surface area contributed by atoms with E-state index in [0.29, 0.717) is 5.13 Å². The van der Waals surface area contributed by atoms with Crippen LogP contribution in [0, 0.1) is 6.92 Å². The van der Waals surface area contributed by atoms with Gasteiger partial charge in [0.1, 0.15) is 0 Å². The van der Waals surface area contributed by atoms with Crippen LogP contribution in [0.2, 0.25) is 0 Å². The Balaban J connectivity index is 1.81. The molecular formula is C16H20N4O2S. The molecule has 0 unspecified atom stereocenters. The van der Waals surface area contributed by atoms with E-state index in [9.17, 15) is 9.59 Å². The molecule has 0 aliphatic rings. The summed E-state index contributed by atoms with van der Waals surface area (Å²) in [6, 6.07) is 7.58. The van der Waals surface area contributed by atoms with Crippen LogP contribution >= 0.6 is 11.3 Å². The van der Waals surface area contributed by atoms with Crippen molar-refractivity contribution in [3.8, 4) is 0 Å². The standard InChI is InChI=1S/C16H20N4O2S/c1-12-4-6-13(7-5-12)18-14(21)10-19(2)11-15(22)20(3)16-17-8-9-23-16/h4-9H,10-11H2,1-3H3,(H,18,21). The van der Waals surface area contributed by atoms with Crippen molar-refractivity contribution in [1.82, 2.24) is 9.88 Å². The van der Waals surface area contributed by atoms with Crippen molar-refractivity contribution < 1.29 is 9.59 Å². The van der Waals surface area contributed by atoms with Crippen LogP contribution in [-0.4, -0.2) is 48.9 Å². The Morgan fingerprint density at radius 2 is 1.87 bits per heavy atom. The lowest BCUT2D eigenvalue weighted by Crippen LogP contribution is -2.39. The van der Waals surface area contributed by atoms with Crippen molar-refractivity contribution >= 4 is 34.0 Å². The molecule has 1 N–H and O–H groups in total. The summed E-state index contributed by atoms with van der Waals surface area (Å²) in [5, 5.41) is 5.28. The van der Waals surface area contributed by atoms with Gasteiger partial charge in [0.05, 0.1) is 13.1 Å². The van der Waals surface area contributed by atoms with Gasteiger partial charge in [-0.2, -0.15) is 0 Å². The highest BCUT2D eigenvalue weighted by Gasteiger charge is 2.16. The normalized spacial score (nSPS) is 10.6. The molecule has 2 aromatic rings. The van der Waals surface area contributed by atoms with Gasteiger partial charge in [-0.05, 0) is 26.1 Å². The maximum Gasteiger partial charge on any atom is 0.242 e. The van der Waals surface area contributed by atoms with Crippen LogP contribution in [0.3, 0.4) is 0 Å². The average molecular weight is 332 g/mol. The predicted molar refractivity (Wildman–Crippen MR) is 92.8 cm³/mol. The minimum absolute atomic E-state index is 0.106. The van der Waals surface area contributed by atoms with Crippen molar-refractivity contribution in [2.45, 2.75) is 6.92 Å². The first kappa shape index (κ1) is 17.1. The lowest BCUT2D eigenvalue weighted by Gasteiger charge is -2.19. The number of rotatable bonds is 6. The van der Waals surface area contributed by atoms with Gasteiger partial charge in [-0.25, -0.2) is 4.98 Å². The minimum atomic E-state index is -0.152. The van der Waals surface area contributed by atoms with Crippen LogP contribution in [0.25, 0.3) is 0 Å². The molecule has 0 aliphatic heterocycles. The number of amides is 2. The summed E-state index contributed by atoms with van der Waals surface area (Å²) in [7, 11) is 3.42. The summed E-state index contributed by atoms with van der Waals surface area (Å²) in [5.74, 6) is -0.258. The van der Waals surface area contributed by atoms with Crippen molar-refractivity contribution in [2.24, 2.45) is 0 Å². The van der Waals surface area contributed by atoms with Crippen LogP contribution < -0.4 is 10.2 Å². The number of anilines is 2. The van der Waals surface area contributed by atoms with Gasteiger partial charge in [0.2, 0.25) is 11.8 Å². The van der Waals surface area contributed by atoms with E-state index >= 15 is 0 Å². The fourth-order valence-corrected chi connectivity index (χ4v) is 2.59. The number of nitrogens with one attached hydrogen (secondary N) is 1. The van der Waals surface area contributed by atoms with Crippen LogP contribution in [0.5, 0.6) is 0 Å². The van der Waals surface area contributed by atoms with Gasteiger partial charge < -0.3 is 5.32 Å². The molecule has 0 fully saturated rings. The zero-order valence-corrected chi connectivity index (χ0v) is 14.3. The maximum atomic E-state index is 12.1. The average Bonchev–Trinajstić information content (AvgIpc) is 3.02. The van der Waals surface area contributed by atoms with Gasteiger partial charge in [0.15, 0.2) is 5.13 Å². The number of benzene rings is 1. The van der Waals surface area contributed by atoms with Crippen LogP contribution in [-0.2, 0) is 9.59 Å². The van der Waals surface area contributed by atoms with Crippen LogP contribution in [0.4, 0.5) is 10.8 Å². The summed E-state index contributed by atoms with van der Waals surface area (Å²) in [4.78, 5) is 31.4.